The molecule has 2 aliphatic rings. The number of amides is 1. The van der Waals surface area contributed by atoms with Crippen LogP contribution in [0.15, 0.2) is 18.2 Å². The van der Waals surface area contributed by atoms with Gasteiger partial charge in [-0.3, -0.25) is 4.79 Å². The summed E-state index contributed by atoms with van der Waals surface area (Å²) in [6.07, 6.45) is -0.110. The highest BCUT2D eigenvalue weighted by molar-refractivity contribution is 5.90. The minimum absolute atomic E-state index is 0.0424. The van der Waals surface area contributed by atoms with Crippen molar-refractivity contribution in [3.63, 3.8) is 0 Å². The standard InChI is InChI=1S/C13H13NO6/c15-9-2-1-7(3-10(9)16)13(18)19-6-8-5-14-11(17)4-12(14)20-8/h1-3,8,12,15-16H,4-6H2. The van der Waals surface area contributed by atoms with E-state index in [9.17, 15) is 14.7 Å². The largest absolute Gasteiger partial charge is 0.504 e. The zero-order chi connectivity index (χ0) is 14.3. The number of carbonyl (C=O) groups is 2. The molecular formula is C13H13NO6. The summed E-state index contributed by atoms with van der Waals surface area (Å²) in [4.78, 5) is 24.5. The van der Waals surface area contributed by atoms with E-state index in [4.69, 9.17) is 14.6 Å². The lowest BCUT2D eigenvalue weighted by Crippen LogP contribution is -2.48. The number of hydrogen-bond acceptors (Lipinski definition) is 6. The Morgan fingerprint density at radius 1 is 1.40 bits per heavy atom. The summed E-state index contributed by atoms with van der Waals surface area (Å²) >= 11 is 0. The summed E-state index contributed by atoms with van der Waals surface area (Å²) in [7, 11) is 0. The van der Waals surface area contributed by atoms with E-state index in [1.165, 1.54) is 12.1 Å². The highest BCUT2D eigenvalue weighted by atomic mass is 16.6. The number of phenols is 2. The Hall–Kier alpha value is -2.28. The topological polar surface area (TPSA) is 96.3 Å². The number of phenolic OH excluding ortho intramolecular Hbond substituents is 2. The number of rotatable bonds is 3. The Labute approximate surface area is 114 Å². The molecule has 0 aromatic heterocycles. The Kier molecular flexibility index (Phi) is 2.98. The molecule has 7 nitrogen and oxygen atoms in total. The van der Waals surface area contributed by atoms with E-state index in [2.05, 4.69) is 0 Å². The van der Waals surface area contributed by atoms with Crippen molar-refractivity contribution in [3.05, 3.63) is 23.8 Å². The van der Waals surface area contributed by atoms with E-state index >= 15 is 0 Å². The number of carbonyl (C=O) groups excluding carboxylic acids is 2. The minimum Gasteiger partial charge on any atom is -0.504 e. The van der Waals surface area contributed by atoms with Gasteiger partial charge in [0.15, 0.2) is 11.5 Å². The van der Waals surface area contributed by atoms with E-state index in [-0.39, 0.29) is 41.9 Å². The van der Waals surface area contributed by atoms with Crippen LogP contribution in [0.1, 0.15) is 16.8 Å². The second-order valence-electron chi connectivity index (χ2n) is 4.76. The van der Waals surface area contributed by atoms with E-state index < -0.39 is 5.97 Å². The van der Waals surface area contributed by atoms with Crippen LogP contribution in [0.3, 0.4) is 0 Å². The molecule has 2 saturated heterocycles. The SMILES string of the molecule is O=C(OCC1CN2C(=O)CC2O1)c1ccc(O)c(O)c1. The molecule has 1 amide bonds. The molecule has 1 aromatic carbocycles. The maximum Gasteiger partial charge on any atom is 0.338 e. The van der Waals surface area contributed by atoms with Crippen LogP contribution in [0.5, 0.6) is 11.5 Å². The number of fused-ring (bicyclic) bond motifs is 1. The van der Waals surface area contributed by atoms with Crippen molar-refractivity contribution in [1.82, 2.24) is 4.90 Å². The van der Waals surface area contributed by atoms with E-state index in [1.807, 2.05) is 0 Å². The van der Waals surface area contributed by atoms with Gasteiger partial charge in [0.25, 0.3) is 0 Å². The fourth-order valence-corrected chi connectivity index (χ4v) is 2.24. The molecule has 0 radical (unpaired) electrons. The molecule has 0 saturated carbocycles. The van der Waals surface area contributed by atoms with Crippen molar-refractivity contribution >= 4 is 11.9 Å². The Balaban J connectivity index is 1.54. The molecule has 0 spiro atoms. The van der Waals surface area contributed by atoms with E-state index in [1.54, 1.807) is 4.90 Å². The second-order valence-corrected chi connectivity index (χ2v) is 4.76. The summed E-state index contributed by atoms with van der Waals surface area (Å²) in [6, 6.07) is 3.69. The first-order chi connectivity index (χ1) is 9.54. The van der Waals surface area contributed by atoms with Gasteiger partial charge in [0.05, 0.1) is 18.5 Å². The number of ether oxygens (including phenoxy) is 2. The molecule has 1 aromatic rings. The molecule has 2 heterocycles. The quantitative estimate of drug-likeness (QED) is 0.466. The predicted molar refractivity (Wildman–Crippen MR) is 65.0 cm³/mol. The van der Waals surface area contributed by atoms with Crippen molar-refractivity contribution in [1.29, 1.82) is 0 Å². The lowest BCUT2D eigenvalue weighted by Gasteiger charge is -2.31. The van der Waals surface area contributed by atoms with Gasteiger partial charge >= 0.3 is 5.97 Å². The molecule has 7 heteroatoms. The molecule has 0 aliphatic carbocycles. The van der Waals surface area contributed by atoms with Crippen LogP contribution in [0.2, 0.25) is 0 Å². The molecule has 0 bridgehead atoms. The second kappa shape index (κ2) is 4.68. The number of β-lactam (4-membered cyclic amide) rings is 1. The van der Waals surface area contributed by atoms with Crippen molar-refractivity contribution in [2.75, 3.05) is 13.2 Å². The normalized spacial score (nSPS) is 24.2. The number of nitrogens with zero attached hydrogens (tertiary/aromatic N) is 1. The summed E-state index contributed by atoms with van der Waals surface area (Å²) in [5.41, 5.74) is 0.137. The first kappa shape index (κ1) is 12.7. The Bertz CT molecular complexity index is 572. The fraction of sp³-hybridized carbons (Fsp3) is 0.385. The molecule has 2 N–H and O–H groups in total. The van der Waals surface area contributed by atoms with Crippen LogP contribution in [0.25, 0.3) is 0 Å². The van der Waals surface area contributed by atoms with Gasteiger partial charge < -0.3 is 24.6 Å². The zero-order valence-electron chi connectivity index (χ0n) is 10.5. The third kappa shape index (κ3) is 2.16. The fourth-order valence-electron chi connectivity index (χ4n) is 2.24. The van der Waals surface area contributed by atoms with Gasteiger partial charge in [0.1, 0.15) is 18.9 Å². The first-order valence-corrected chi connectivity index (χ1v) is 6.18. The lowest BCUT2D eigenvalue weighted by atomic mass is 10.2. The highest BCUT2D eigenvalue weighted by Gasteiger charge is 2.45. The maximum atomic E-state index is 11.8. The van der Waals surface area contributed by atoms with Crippen LogP contribution in [0, 0.1) is 0 Å². The van der Waals surface area contributed by atoms with Gasteiger partial charge in [-0.25, -0.2) is 4.79 Å². The van der Waals surface area contributed by atoms with Gasteiger partial charge in [0, 0.05) is 0 Å². The Morgan fingerprint density at radius 2 is 2.20 bits per heavy atom. The highest BCUT2D eigenvalue weighted by Crippen LogP contribution is 2.29. The van der Waals surface area contributed by atoms with Crippen LogP contribution in [-0.2, 0) is 14.3 Å². The molecule has 20 heavy (non-hydrogen) atoms. The summed E-state index contributed by atoms with van der Waals surface area (Å²) in [6.45, 7) is 0.471. The molecule has 106 valence electrons. The average molecular weight is 279 g/mol. The summed E-state index contributed by atoms with van der Waals surface area (Å²) < 4.78 is 10.6. The van der Waals surface area contributed by atoms with Gasteiger partial charge in [-0.15, -0.1) is 0 Å². The number of hydrogen-bond donors (Lipinski definition) is 2. The number of aromatic hydroxyl groups is 2. The van der Waals surface area contributed by atoms with Gasteiger partial charge in [0.2, 0.25) is 5.91 Å². The van der Waals surface area contributed by atoms with Crippen molar-refractivity contribution in [2.24, 2.45) is 0 Å². The van der Waals surface area contributed by atoms with Crippen LogP contribution in [0.4, 0.5) is 0 Å². The summed E-state index contributed by atoms with van der Waals surface area (Å²) in [5, 5.41) is 18.5. The average Bonchev–Trinajstić information content (AvgIpc) is 2.76. The predicted octanol–water partition coefficient (Wildman–Crippen LogP) is 0.212. The van der Waals surface area contributed by atoms with E-state index in [0.29, 0.717) is 13.0 Å². The monoisotopic (exact) mass is 279 g/mol. The summed E-state index contributed by atoms with van der Waals surface area (Å²) in [5.74, 6) is -1.26. The molecule has 2 atom stereocenters. The molecule has 2 aliphatic heterocycles. The van der Waals surface area contributed by atoms with Crippen molar-refractivity contribution < 1.29 is 29.3 Å². The van der Waals surface area contributed by atoms with Crippen LogP contribution in [-0.4, -0.2) is 52.5 Å². The first-order valence-electron chi connectivity index (χ1n) is 6.18. The number of esters is 1. The molecular weight excluding hydrogens is 266 g/mol. The maximum absolute atomic E-state index is 11.8. The zero-order valence-corrected chi connectivity index (χ0v) is 10.5. The Morgan fingerprint density at radius 3 is 2.85 bits per heavy atom. The van der Waals surface area contributed by atoms with Crippen LogP contribution < -0.4 is 0 Å². The molecule has 2 fully saturated rings. The lowest BCUT2D eigenvalue weighted by molar-refractivity contribution is -0.156. The van der Waals surface area contributed by atoms with Crippen molar-refractivity contribution in [3.8, 4) is 11.5 Å². The van der Waals surface area contributed by atoms with Crippen LogP contribution >= 0.6 is 0 Å². The third-order valence-corrected chi connectivity index (χ3v) is 3.38. The van der Waals surface area contributed by atoms with E-state index in [0.717, 1.165) is 6.07 Å². The van der Waals surface area contributed by atoms with Gasteiger partial charge in [-0.05, 0) is 18.2 Å². The number of benzene rings is 1. The third-order valence-electron chi connectivity index (χ3n) is 3.38. The van der Waals surface area contributed by atoms with Gasteiger partial charge in [-0.2, -0.15) is 0 Å². The molecule has 2 unspecified atom stereocenters. The van der Waals surface area contributed by atoms with Crippen molar-refractivity contribution in [2.45, 2.75) is 18.8 Å². The smallest absolute Gasteiger partial charge is 0.338 e. The minimum atomic E-state index is -0.621. The molecule has 3 rings (SSSR count). The van der Waals surface area contributed by atoms with Gasteiger partial charge in [-0.1, -0.05) is 0 Å².